The van der Waals surface area contributed by atoms with Gasteiger partial charge in [0.15, 0.2) is 0 Å². The average molecular weight is 192 g/mol. The fourth-order valence-electron chi connectivity index (χ4n) is 1.37. The van der Waals surface area contributed by atoms with Crippen LogP contribution in [0.5, 0.6) is 0 Å². The summed E-state index contributed by atoms with van der Waals surface area (Å²) in [5, 5.41) is 0. The van der Waals surface area contributed by atoms with Gasteiger partial charge in [0.1, 0.15) is 4.70 Å². The maximum Gasteiger partial charge on any atom is 0.224 e. The third-order valence-corrected chi connectivity index (χ3v) is 3.09. The molecule has 0 aliphatic carbocycles. The molecular weight excluding hydrogens is 178 g/mol. The minimum Gasteiger partial charge on any atom is -0.201 e. The number of nitrogens with one attached hydrogen (secondary N) is 1. The Kier molecular flexibility index (Phi) is 1.88. The molecule has 0 saturated carbocycles. The molecule has 0 bridgehead atoms. The highest BCUT2D eigenvalue weighted by Gasteiger charge is 2.15. The van der Waals surface area contributed by atoms with Gasteiger partial charge >= 0.3 is 0 Å². The first-order valence-corrected chi connectivity index (χ1v) is 5.35. The van der Waals surface area contributed by atoms with Gasteiger partial charge in [-0.25, -0.2) is 4.98 Å². The van der Waals surface area contributed by atoms with Crippen LogP contribution in [0.4, 0.5) is 0 Å². The molecule has 1 aromatic heterocycles. The van der Waals surface area contributed by atoms with Gasteiger partial charge in [-0.15, -0.1) is 0 Å². The Balaban J connectivity index is 2.61. The van der Waals surface area contributed by atoms with Crippen molar-refractivity contribution in [1.82, 2.24) is 0 Å². The number of thiazole rings is 1. The molecular formula is C11H14NS+. The zero-order valence-corrected chi connectivity index (χ0v) is 9.03. The van der Waals surface area contributed by atoms with Gasteiger partial charge in [0.25, 0.3) is 0 Å². The number of benzene rings is 1. The SMILES string of the molecule is CC(C)(C)c1ccc2sc[nH+]c2c1. The lowest BCUT2D eigenvalue weighted by atomic mass is 9.87. The number of aromatic amines is 1. The summed E-state index contributed by atoms with van der Waals surface area (Å²) in [5.74, 6) is 0. The topological polar surface area (TPSA) is 14.1 Å². The first kappa shape index (κ1) is 8.70. The minimum atomic E-state index is 0.240. The van der Waals surface area contributed by atoms with Gasteiger partial charge in [-0.1, -0.05) is 38.2 Å². The molecule has 68 valence electrons. The Morgan fingerprint density at radius 3 is 2.69 bits per heavy atom. The van der Waals surface area contributed by atoms with Crippen molar-refractivity contribution in [2.24, 2.45) is 0 Å². The van der Waals surface area contributed by atoms with Crippen molar-refractivity contribution < 1.29 is 4.98 Å². The van der Waals surface area contributed by atoms with Crippen molar-refractivity contribution in [3.63, 3.8) is 0 Å². The van der Waals surface area contributed by atoms with Crippen LogP contribution in [0.2, 0.25) is 0 Å². The van der Waals surface area contributed by atoms with Crippen LogP contribution < -0.4 is 4.98 Å². The number of rotatable bonds is 0. The van der Waals surface area contributed by atoms with Crippen LogP contribution in [0.15, 0.2) is 23.7 Å². The number of aromatic nitrogens is 1. The van der Waals surface area contributed by atoms with E-state index in [1.807, 2.05) is 5.51 Å². The van der Waals surface area contributed by atoms with Crippen LogP contribution in [0.3, 0.4) is 0 Å². The van der Waals surface area contributed by atoms with Crippen LogP contribution in [0.1, 0.15) is 26.3 Å². The Morgan fingerprint density at radius 2 is 2.00 bits per heavy atom. The molecule has 0 fully saturated rings. The van der Waals surface area contributed by atoms with Gasteiger partial charge in [-0.3, -0.25) is 0 Å². The lowest BCUT2D eigenvalue weighted by Gasteiger charge is -2.17. The van der Waals surface area contributed by atoms with Crippen molar-refractivity contribution in [2.45, 2.75) is 26.2 Å². The molecule has 1 N–H and O–H groups in total. The summed E-state index contributed by atoms with van der Waals surface area (Å²) in [5.41, 5.74) is 4.90. The molecule has 0 radical (unpaired) electrons. The van der Waals surface area contributed by atoms with Crippen molar-refractivity contribution in [2.75, 3.05) is 0 Å². The van der Waals surface area contributed by atoms with Crippen molar-refractivity contribution >= 4 is 21.6 Å². The average Bonchev–Trinajstić information content (AvgIpc) is 2.47. The molecule has 1 heterocycles. The van der Waals surface area contributed by atoms with E-state index < -0.39 is 0 Å². The predicted octanol–water partition coefficient (Wildman–Crippen LogP) is 3.01. The molecule has 1 aromatic carbocycles. The summed E-state index contributed by atoms with van der Waals surface area (Å²) in [6.07, 6.45) is 0. The van der Waals surface area contributed by atoms with E-state index >= 15 is 0 Å². The smallest absolute Gasteiger partial charge is 0.201 e. The third-order valence-electron chi connectivity index (χ3n) is 2.25. The molecule has 0 unspecified atom stereocenters. The second-order valence-corrected chi connectivity index (χ2v) is 5.25. The quantitative estimate of drug-likeness (QED) is 0.609. The van der Waals surface area contributed by atoms with Crippen LogP contribution in [-0.2, 0) is 5.41 Å². The van der Waals surface area contributed by atoms with E-state index in [9.17, 15) is 0 Å². The molecule has 1 nitrogen and oxygen atoms in total. The van der Waals surface area contributed by atoms with Gasteiger partial charge in [0, 0.05) is 6.07 Å². The summed E-state index contributed by atoms with van der Waals surface area (Å²) in [6.45, 7) is 6.71. The monoisotopic (exact) mass is 192 g/mol. The fraction of sp³-hybridized carbons (Fsp3) is 0.364. The predicted molar refractivity (Wildman–Crippen MR) is 57.1 cm³/mol. The molecule has 0 aliphatic heterocycles. The molecule has 13 heavy (non-hydrogen) atoms. The molecule has 0 atom stereocenters. The van der Waals surface area contributed by atoms with Crippen LogP contribution in [0, 0.1) is 0 Å². The first-order chi connectivity index (χ1) is 6.07. The summed E-state index contributed by atoms with van der Waals surface area (Å²) < 4.78 is 1.33. The number of fused-ring (bicyclic) bond motifs is 1. The fourth-order valence-corrected chi connectivity index (χ4v) is 2.07. The van der Waals surface area contributed by atoms with Crippen molar-refractivity contribution in [3.8, 4) is 0 Å². The Labute approximate surface area is 82.4 Å². The van der Waals surface area contributed by atoms with Gasteiger partial charge in [-0.2, -0.15) is 0 Å². The van der Waals surface area contributed by atoms with Crippen LogP contribution >= 0.6 is 11.3 Å². The lowest BCUT2D eigenvalue weighted by molar-refractivity contribution is -0.338. The molecule has 2 rings (SSSR count). The van der Waals surface area contributed by atoms with E-state index in [2.05, 4.69) is 44.0 Å². The second kappa shape index (κ2) is 2.81. The highest BCUT2D eigenvalue weighted by Crippen LogP contribution is 2.25. The Hall–Kier alpha value is -0.890. The zero-order chi connectivity index (χ0) is 9.47. The minimum absolute atomic E-state index is 0.240. The third kappa shape index (κ3) is 1.59. The van der Waals surface area contributed by atoms with Crippen LogP contribution in [0.25, 0.3) is 10.2 Å². The standard InChI is InChI=1S/C11H13NS/c1-11(2,3)8-4-5-10-9(6-8)12-7-13-10/h4-7H,1-3H3/p+1. The number of hydrogen-bond acceptors (Lipinski definition) is 1. The van der Waals surface area contributed by atoms with E-state index in [1.54, 1.807) is 11.3 Å². The van der Waals surface area contributed by atoms with Crippen molar-refractivity contribution in [3.05, 3.63) is 29.3 Å². The molecule has 0 aliphatic rings. The van der Waals surface area contributed by atoms with Gasteiger partial charge in [0.05, 0.1) is 0 Å². The van der Waals surface area contributed by atoms with Crippen LogP contribution in [-0.4, -0.2) is 0 Å². The number of hydrogen-bond donors (Lipinski definition) is 0. The van der Waals surface area contributed by atoms with E-state index in [4.69, 9.17) is 0 Å². The maximum absolute atomic E-state index is 3.25. The van der Waals surface area contributed by atoms with Gasteiger partial charge in [-0.05, 0) is 17.0 Å². The summed E-state index contributed by atoms with van der Waals surface area (Å²) >= 11 is 1.75. The zero-order valence-electron chi connectivity index (χ0n) is 8.22. The summed E-state index contributed by atoms with van der Waals surface area (Å²) in [7, 11) is 0. The van der Waals surface area contributed by atoms with E-state index in [-0.39, 0.29) is 5.41 Å². The highest BCUT2D eigenvalue weighted by atomic mass is 32.1. The highest BCUT2D eigenvalue weighted by molar-refractivity contribution is 7.16. The Morgan fingerprint density at radius 1 is 1.23 bits per heavy atom. The summed E-state index contributed by atoms with van der Waals surface area (Å²) in [6, 6.07) is 6.65. The lowest BCUT2D eigenvalue weighted by Crippen LogP contribution is -2.11. The molecule has 0 amide bonds. The van der Waals surface area contributed by atoms with Gasteiger partial charge < -0.3 is 0 Å². The maximum atomic E-state index is 3.25. The largest absolute Gasteiger partial charge is 0.224 e. The normalized spacial score (nSPS) is 12.2. The Bertz CT molecular complexity index is 423. The van der Waals surface area contributed by atoms with Crippen molar-refractivity contribution in [1.29, 1.82) is 0 Å². The van der Waals surface area contributed by atoms with E-state index in [1.165, 1.54) is 15.8 Å². The van der Waals surface area contributed by atoms with Gasteiger partial charge in [0.2, 0.25) is 11.0 Å². The summed E-state index contributed by atoms with van der Waals surface area (Å²) in [4.78, 5) is 3.25. The van der Waals surface area contributed by atoms with E-state index in [0.29, 0.717) is 0 Å². The first-order valence-electron chi connectivity index (χ1n) is 4.47. The van der Waals surface area contributed by atoms with E-state index in [0.717, 1.165) is 0 Å². The molecule has 0 saturated heterocycles. The second-order valence-electron chi connectivity index (χ2n) is 4.34. The molecule has 0 spiro atoms. The number of H-pyrrole nitrogens is 1. The molecule has 2 heteroatoms. The molecule has 2 aromatic rings.